The van der Waals surface area contributed by atoms with E-state index < -0.39 is 0 Å². The van der Waals surface area contributed by atoms with Crippen LogP contribution in [-0.4, -0.2) is 48.6 Å². The average Bonchev–Trinajstić information content (AvgIpc) is 2.41. The van der Waals surface area contributed by atoms with Crippen LogP contribution in [0.4, 0.5) is 0 Å². The Morgan fingerprint density at radius 3 is 2.84 bits per heavy atom. The molecule has 0 radical (unpaired) electrons. The maximum Gasteiger partial charge on any atom is 0.236 e. The van der Waals surface area contributed by atoms with Crippen LogP contribution >= 0.6 is 0 Å². The van der Waals surface area contributed by atoms with Crippen molar-refractivity contribution in [3.05, 3.63) is 30.1 Å². The first-order valence-electron chi connectivity index (χ1n) is 6.53. The quantitative estimate of drug-likeness (QED) is 0.763. The van der Waals surface area contributed by atoms with Gasteiger partial charge in [0.25, 0.3) is 0 Å². The Kier molecular flexibility index (Phi) is 7.07. The predicted molar refractivity (Wildman–Crippen MR) is 74.7 cm³/mol. The van der Waals surface area contributed by atoms with Crippen LogP contribution in [0.2, 0.25) is 0 Å². The third-order valence-corrected chi connectivity index (χ3v) is 2.66. The molecule has 0 saturated carbocycles. The first kappa shape index (κ1) is 15.6. The Balaban J connectivity index is 2.57. The van der Waals surface area contributed by atoms with E-state index in [9.17, 15) is 4.79 Å². The first-order valence-corrected chi connectivity index (χ1v) is 6.53. The number of nitrogens with one attached hydrogen (secondary N) is 1. The third-order valence-electron chi connectivity index (χ3n) is 2.66. The minimum atomic E-state index is 0.0661. The molecule has 5 nitrogen and oxygen atoms in total. The van der Waals surface area contributed by atoms with Crippen molar-refractivity contribution in [3.8, 4) is 0 Å². The van der Waals surface area contributed by atoms with Gasteiger partial charge in [0.2, 0.25) is 5.91 Å². The maximum absolute atomic E-state index is 12.1. The van der Waals surface area contributed by atoms with E-state index in [1.807, 2.05) is 32.0 Å². The number of ether oxygens (including phenoxy) is 1. The van der Waals surface area contributed by atoms with E-state index in [2.05, 4.69) is 10.3 Å². The van der Waals surface area contributed by atoms with E-state index in [-0.39, 0.29) is 5.91 Å². The Hall–Kier alpha value is -1.46. The van der Waals surface area contributed by atoms with Gasteiger partial charge in [0.1, 0.15) is 0 Å². The molecular weight excluding hydrogens is 242 g/mol. The summed E-state index contributed by atoms with van der Waals surface area (Å²) in [7, 11) is 1.63. The van der Waals surface area contributed by atoms with Crippen molar-refractivity contribution in [2.75, 3.05) is 26.8 Å². The molecule has 106 valence electrons. The fourth-order valence-corrected chi connectivity index (χ4v) is 1.58. The van der Waals surface area contributed by atoms with Crippen molar-refractivity contribution in [1.29, 1.82) is 0 Å². The second-order valence-corrected chi connectivity index (χ2v) is 4.66. The maximum atomic E-state index is 12.1. The van der Waals surface area contributed by atoms with Gasteiger partial charge in [-0.25, -0.2) is 0 Å². The fraction of sp³-hybridized carbons (Fsp3) is 0.571. The second kappa shape index (κ2) is 8.61. The molecule has 0 aliphatic carbocycles. The molecular formula is C14H23N3O2. The van der Waals surface area contributed by atoms with Gasteiger partial charge in [-0.3, -0.25) is 9.78 Å². The molecule has 5 heteroatoms. The molecule has 1 heterocycles. The molecule has 0 aromatic carbocycles. The summed E-state index contributed by atoms with van der Waals surface area (Å²) in [6, 6.07) is 6.00. The molecule has 1 aromatic rings. The summed E-state index contributed by atoms with van der Waals surface area (Å²) in [5.41, 5.74) is 0.886. The van der Waals surface area contributed by atoms with Crippen molar-refractivity contribution in [3.63, 3.8) is 0 Å². The van der Waals surface area contributed by atoms with Gasteiger partial charge in [0, 0.05) is 25.9 Å². The van der Waals surface area contributed by atoms with Gasteiger partial charge in [-0.05, 0) is 12.1 Å². The van der Waals surface area contributed by atoms with Crippen molar-refractivity contribution < 1.29 is 9.53 Å². The van der Waals surface area contributed by atoms with Crippen molar-refractivity contribution in [1.82, 2.24) is 15.2 Å². The van der Waals surface area contributed by atoms with E-state index >= 15 is 0 Å². The van der Waals surface area contributed by atoms with E-state index in [1.54, 1.807) is 18.2 Å². The largest absolute Gasteiger partial charge is 0.383 e. The van der Waals surface area contributed by atoms with E-state index in [0.29, 0.717) is 32.3 Å². The molecule has 19 heavy (non-hydrogen) atoms. The zero-order valence-corrected chi connectivity index (χ0v) is 11.9. The van der Waals surface area contributed by atoms with Crippen molar-refractivity contribution in [2.45, 2.75) is 26.4 Å². The summed E-state index contributed by atoms with van der Waals surface area (Å²) in [4.78, 5) is 18.2. The molecule has 0 atom stereocenters. The van der Waals surface area contributed by atoms with Crippen LogP contribution in [0, 0.1) is 0 Å². The number of methoxy groups -OCH3 is 1. The van der Waals surface area contributed by atoms with Crippen LogP contribution in [-0.2, 0) is 16.1 Å². The monoisotopic (exact) mass is 265 g/mol. The number of rotatable bonds is 8. The van der Waals surface area contributed by atoms with Crippen LogP contribution in [0.5, 0.6) is 0 Å². The smallest absolute Gasteiger partial charge is 0.236 e. The molecule has 0 fully saturated rings. The number of carbonyl (C=O) groups is 1. The number of amides is 1. The van der Waals surface area contributed by atoms with Gasteiger partial charge < -0.3 is 15.0 Å². The Morgan fingerprint density at radius 1 is 1.47 bits per heavy atom. The van der Waals surface area contributed by atoms with Crippen LogP contribution in [0.25, 0.3) is 0 Å². The molecule has 1 N–H and O–H groups in total. The summed E-state index contributed by atoms with van der Waals surface area (Å²) < 4.78 is 5.05. The van der Waals surface area contributed by atoms with Crippen LogP contribution < -0.4 is 5.32 Å². The minimum absolute atomic E-state index is 0.0661. The number of hydrogen-bond donors (Lipinski definition) is 1. The molecule has 0 saturated heterocycles. The standard InChI is InChI=1S/C14H23N3O2/c1-12(2)16-10-14(18)17(8-9-19-3)11-13-6-4-5-7-15-13/h4-7,12,16H,8-11H2,1-3H3. The Labute approximate surface area is 115 Å². The lowest BCUT2D eigenvalue weighted by Crippen LogP contribution is -2.41. The molecule has 0 spiro atoms. The highest BCUT2D eigenvalue weighted by Gasteiger charge is 2.14. The molecule has 1 rings (SSSR count). The number of carbonyl (C=O) groups excluding carboxylic acids is 1. The summed E-state index contributed by atoms with van der Waals surface area (Å²) >= 11 is 0. The molecule has 1 aromatic heterocycles. The van der Waals surface area contributed by atoms with Gasteiger partial charge in [-0.1, -0.05) is 19.9 Å². The topological polar surface area (TPSA) is 54.5 Å². The van der Waals surface area contributed by atoms with E-state index in [1.165, 1.54) is 0 Å². The molecule has 0 bridgehead atoms. The van der Waals surface area contributed by atoms with Crippen LogP contribution in [0.1, 0.15) is 19.5 Å². The zero-order valence-electron chi connectivity index (χ0n) is 11.9. The lowest BCUT2D eigenvalue weighted by Gasteiger charge is -2.23. The number of hydrogen-bond acceptors (Lipinski definition) is 4. The third kappa shape index (κ3) is 6.31. The van der Waals surface area contributed by atoms with Crippen molar-refractivity contribution >= 4 is 5.91 Å². The number of pyridine rings is 1. The number of nitrogens with zero attached hydrogens (tertiary/aromatic N) is 2. The van der Waals surface area contributed by atoms with E-state index in [4.69, 9.17) is 4.74 Å². The summed E-state index contributed by atoms with van der Waals surface area (Å²) in [6.45, 7) is 6.00. The molecule has 0 unspecified atom stereocenters. The SMILES string of the molecule is COCCN(Cc1ccccn1)C(=O)CNC(C)C. The summed E-state index contributed by atoms with van der Waals surface area (Å²) in [5, 5.41) is 3.14. The highest BCUT2D eigenvalue weighted by atomic mass is 16.5. The average molecular weight is 265 g/mol. The van der Waals surface area contributed by atoms with Crippen LogP contribution in [0.3, 0.4) is 0 Å². The fourth-order valence-electron chi connectivity index (χ4n) is 1.58. The predicted octanol–water partition coefficient (Wildman–Crippen LogP) is 1.05. The lowest BCUT2D eigenvalue weighted by atomic mass is 10.3. The lowest BCUT2D eigenvalue weighted by molar-refractivity contribution is -0.131. The zero-order chi connectivity index (χ0) is 14.1. The minimum Gasteiger partial charge on any atom is -0.383 e. The van der Waals surface area contributed by atoms with Gasteiger partial charge in [-0.2, -0.15) is 0 Å². The van der Waals surface area contributed by atoms with Gasteiger partial charge in [0.05, 0.1) is 25.4 Å². The first-order chi connectivity index (χ1) is 9.13. The van der Waals surface area contributed by atoms with Gasteiger partial charge in [-0.15, -0.1) is 0 Å². The van der Waals surface area contributed by atoms with Crippen molar-refractivity contribution in [2.24, 2.45) is 0 Å². The Bertz CT molecular complexity index is 368. The second-order valence-electron chi connectivity index (χ2n) is 4.66. The van der Waals surface area contributed by atoms with Gasteiger partial charge in [0.15, 0.2) is 0 Å². The number of aromatic nitrogens is 1. The Morgan fingerprint density at radius 2 is 2.26 bits per heavy atom. The van der Waals surface area contributed by atoms with E-state index in [0.717, 1.165) is 5.69 Å². The normalized spacial score (nSPS) is 10.7. The van der Waals surface area contributed by atoms with Crippen LogP contribution in [0.15, 0.2) is 24.4 Å². The van der Waals surface area contributed by atoms with Gasteiger partial charge >= 0.3 is 0 Å². The highest BCUT2D eigenvalue weighted by Crippen LogP contribution is 2.01. The molecule has 0 aliphatic heterocycles. The highest BCUT2D eigenvalue weighted by molar-refractivity contribution is 5.78. The summed E-state index contributed by atoms with van der Waals surface area (Å²) in [6.07, 6.45) is 1.74. The molecule has 1 amide bonds. The molecule has 0 aliphatic rings. The summed E-state index contributed by atoms with van der Waals surface area (Å²) in [5.74, 6) is 0.0661.